The Kier molecular flexibility index (Phi) is 3.67. The van der Waals surface area contributed by atoms with Crippen LogP contribution in [0.3, 0.4) is 0 Å². The zero-order valence-electron chi connectivity index (χ0n) is 13.2. The van der Waals surface area contributed by atoms with Crippen LogP contribution < -0.4 is 5.32 Å². The molecule has 0 aliphatic carbocycles. The largest absolute Gasteiger partial charge is 0.507 e. The summed E-state index contributed by atoms with van der Waals surface area (Å²) in [5.41, 5.74) is 2.12. The summed E-state index contributed by atoms with van der Waals surface area (Å²) >= 11 is 0. The van der Waals surface area contributed by atoms with Crippen molar-refractivity contribution in [1.29, 1.82) is 0 Å². The zero-order valence-corrected chi connectivity index (χ0v) is 13.2. The summed E-state index contributed by atoms with van der Waals surface area (Å²) < 4.78 is 0. The minimum absolute atomic E-state index is 0.121. The Hall–Kier alpha value is -3.60. The molecule has 4 rings (SSSR count). The molecule has 25 heavy (non-hydrogen) atoms. The molecule has 0 bridgehead atoms. The summed E-state index contributed by atoms with van der Waals surface area (Å²) in [6.45, 7) is 0. The van der Waals surface area contributed by atoms with Crippen molar-refractivity contribution >= 4 is 22.4 Å². The van der Waals surface area contributed by atoms with Crippen LogP contribution in [0.4, 0.5) is 5.69 Å². The summed E-state index contributed by atoms with van der Waals surface area (Å²) in [6, 6.07) is 22.2. The fraction of sp³-hybridized carbons (Fsp3) is 0. The molecular weight excluding hydrogens is 314 g/mol. The number of carbonyl (C=O) groups is 1. The minimum atomic E-state index is -0.288. The van der Waals surface area contributed by atoms with Gasteiger partial charge < -0.3 is 10.4 Å². The average molecular weight is 329 g/mol. The van der Waals surface area contributed by atoms with Gasteiger partial charge in [0.25, 0.3) is 5.91 Å². The number of phenolic OH excluding ortho intramolecular Hbond substituents is 1. The standard InChI is InChI=1S/C20H15N3O2/c24-19-8-4-3-7-16(19)17-12-18(23-22-17)20(25)21-15-10-9-13-5-1-2-6-14(13)11-15/h1-12,24H,(H,21,25)(H,22,23). The van der Waals surface area contributed by atoms with Gasteiger partial charge in [-0.2, -0.15) is 5.10 Å². The van der Waals surface area contributed by atoms with Crippen molar-refractivity contribution in [2.75, 3.05) is 5.32 Å². The first-order valence-corrected chi connectivity index (χ1v) is 7.85. The molecule has 1 heterocycles. The lowest BCUT2D eigenvalue weighted by atomic mass is 10.1. The number of nitrogens with one attached hydrogen (secondary N) is 2. The number of nitrogens with zero attached hydrogens (tertiary/aromatic N) is 1. The van der Waals surface area contributed by atoms with Gasteiger partial charge >= 0.3 is 0 Å². The van der Waals surface area contributed by atoms with Gasteiger partial charge in [0.15, 0.2) is 0 Å². The number of aromatic amines is 1. The highest BCUT2D eigenvalue weighted by molar-refractivity contribution is 6.04. The minimum Gasteiger partial charge on any atom is -0.507 e. The molecule has 0 spiro atoms. The second-order valence-electron chi connectivity index (χ2n) is 5.70. The first-order valence-electron chi connectivity index (χ1n) is 7.85. The number of phenols is 1. The van der Waals surface area contributed by atoms with Gasteiger partial charge in [-0.15, -0.1) is 0 Å². The number of fused-ring (bicyclic) bond motifs is 1. The van der Waals surface area contributed by atoms with Crippen molar-refractivity contribution in [3.8, 4) is 17.0 Å². The number of carbonyl (C=O) groups excluding carboxylic acids is 1. The first-order chi connectivity index (χ1) is 12.2. The maximum Gasteiger partial charge on any atom is 0.273 e. The Morgan fingerprint density at radius 1 is 0.920 bits per heavy atom. The van der Waals surface area contributed by atoms with E-state index in [1.54, 1.807) is 30.3 Å². The molecule has 5 nitrogen and oxygen atoms in total. The van der Waals surface area contributed by atoms with Crippen molar-refractivity contribution in [3.63, 3.8) is 0 Å². The second-order valence-corrected chi connectivity index (χ2v) is 5.70. The number of amides is 1. The van der Waals surface area contributed by atoms with Gasteiger partial charge in [-0.25, -0.2) is 0 Å². The molecule has 0 unspecified atom stereocenters. The summed E-state index contributed by atoms with van der Waals surface area (Å²) in [4.78, 5) is 12.4. The summed E-state index contributed by atoms with van der Waals surface area (Å²) in [7, 11) is 0. The number of H-pyrrole nitrogens is 1. The highest BCUT2D eigenvalue weighted by atomic mass is 16.3. The van der Waals surface area contributed by atoms with Crippen LogP contribution in [-0.4, -0.2) is 21.2 Å². The third-order valence-electron chi connectivity index (χ3n) is 4.01. The van der Waals surface area contributed by atoms with Crippen LogP contribution in [0.2, 0.25) is 0 Å². The van der Waals surface area contributed by atoms with E-state index in [1.807, 2.05) is 42.5 Å². The highest BCUT2D eigenvalue weighted by Gasteiger charge is 2.13. The smallest absolute Gasteiger partial charge is 0.273 e. The third kappa shape index (κ3) is 2.95. The van der Waals surface area contributed by atoms with Crippen LogP contribution >= 0.6 is 0 Å². The monoisotopic (exact) mass is 329 g/mol. The summed E-state index contributed by atoms with van der Waals surface area (Å²) in [6.07, 6.45) is 0. The van der Waals surface area contributed by atoms with Crippen molar-refractivity contribution in [1.82, 2.24) is 10.2 Å². The van der Waals surface area contributed by atoms with Crippen LogP contribution in [0.25, 0.3) is 22.0 Å². The van der Waals surface area contributed by atoms with Crippen molar-refractivity contribution in [2.24, 2.45) is 0 Å². The fourth-order valence-corrected chi connectivity index (χ4v) is 2.73. The van der Waals surface area contributed by atoms with Crippen LogP contribution in [0.5, 0.6) is 5.75 Å². The van der Waals surface area contributed by atoms with Crippen molar-refractivity contribution < 1.29 is 9.90 Å². The molecule has 0 radical (unpaired) electrons. The predicted octanol–water partition coefficient (Wildman–Crippen LogP) is 4.19. The molecule has 0 atom stereocenters. The topological polar surface area (TPSA) is 78.0 Å². The van der Waals surface area contributed by atoms with E-state index in [0.29, 0.717) is 22.6 Å². The number of aromatic hydroxyl groups is 1. The molecule has 4 aromatic rings. The molecule has 5 heteroatoms. The number of aromatic nitrogens is 2. The van der Waals surface area contributed by atoms with Crippen LogP contribution in [0, 0.1) is 0 Å². The maximum atomic E-state index is 12.4. The molecule has 1 aromatic heterocycles. The molecular formula is C20H15N3O2. The first kappa shape index (κ1) is 15.0. The van der Waals surface area contributed by atoms with E-state index in [4.69, 9.17) is 0 Å². The Balaban J connectivity index is 1.58. The van der Waals surface area contributed by atoms with Gasteiger partial charge in [0.05, 0.1) is 5.69 Å². The van der Waals surface area contributed by atoms with Crippen molar-refractivity contribution in [3.05, 3.63) is 78.5 Å². The van der Waals surface area contributed by atoms with Gasteiger partial charge in [-0.1, -0.05) is 42.5 Å². The van der Waals surface area contributed by atoms with Gasteiger partial charge in [-0.3, -0.25) is 9.89 Å². The molecule has 0 fully saturated rings. The second kappa shape index (κ2) is 6.13. The summed E-state index contributed by atoms with van der Waals surface area (Å²) in [5.74, 6) is -0.167. The van der Waals surface area contributed by atoms with E-state index < -0.39 is 0 Å². The molecule has 0 saturated carbocycles. The highest BCUT2D eigenvalue weighted by Crippen LogP contribution is 2.27. The molecule has 1 amide bonds. The quantitative estimate of drug-likeness (QED) is 0.527. The lowest BCUT2D eigenvalue weighted by molar-refractivity contribution is 0.102. The Labute approximate surface area is 143 Å². The van der Waals surface area contributed by atoms with Gasteiger partial charge in [0, 0.05) is 11.3 Å². The number of benzene rings is 3. The van der Waals surface area contributed by atoms with E-state index in [9.17, 15) is 9.90 Å². The van der Waals surface area contributed by atoms with Gasteiger partial charge in [0.1, 0.15) is 11.4 Å². The average Bonchev–Trinajstić information content (AvgIpc) is 3.12. The Morgan fingerprint density at radius 3 is 2.52 bits per heavy atom. The van der Waals surface area contributed by atoms with E-state index >= 15 is 0 Å². The van der Waals surface area contributed by atoms with E-state index in [1.165, 1.54) is 0 Å². The van der Waals surface area contributed by atoms with E-state index in [0.717, 1.165) is 10.8 Å². The molecule has 122 valence electrons. The van der Waals surface area contributed by atoms with Gasteiger partial charge in [0.2, 0.25) is 0 Å². The van der Waals surface area contributed by atoms with E-state index in [2.05, 4.69) is 15.5 Å². The molecule has 0 aliphatic heterocycles. The number of rotatable bonds is 3. The Morgan fingerprint density at radius 2 is 1.68 bits per heavy atom. The predicted molar refractivity (Wildman–Crippen MR) is 97.6 cm³/mol. The number of anilines is 1. The van der Waals surface area contributed by atoms with Gasteiger partial charge in [-0.05, 0) is 41.1 Å². The van der Waals surface area contributed by atoms with Crippen LogP contribution in [0.1, 0.15) is 10.5 Å². The molecule has 0 saturated heterocycles. The Bertz CT molecular complexity index is 1070. The number of hydrogen-bond donors (Lipinski definition) is 3. The van der Waals surface area contributed by atoms with Crippen LogP contribution in [-0.2, 0) is 0 Å². The zero-order chi connectivity index (χ0) is 17.2. The fourth-order valence-electron chi connectivity index (χ4n) is 2.73. The maximum absolute atomic E-state index is 12.4. The summed E-state index contributed by atoms with van der Waals surface area (Å²) in [5, 5.41) is 21.7. The molecule has 0 aliphatic rings. The third-order valence-corrected chi connectivity index (χ3v) is 4.01. The molecule has 3 aromatic carbocycles. The lowest BCUT2D eigenvalue weighted by Gasteiger charge is -2.05. The number of para-hydroxylation sites is 1. The molecule has 3 N–H and O–H groups in total. The van der Waals surface area contributed by atoms with Crippen molar-refractivity contribution in [2.45, 2.75) is 0 Å². The lowest BCUT2D eigenvalue weighted by Crippen LogP contribution is -2.12. The normalized spacial score (nSPS) is 10.7. The van der Waals surface area contributed by atoms with E-state index in [-0.39, 0.29) is 11.7 Å². The number of hydrogen-bond acceptors (Lipinski definition) is 3. The van der Waals surface area contributed by atoms with Crippen LogP contribution in [0.15, 0.2) is 72.8 Å². The SMILES string of the molecule is O=C(Nc1ccc2ccccc2c1)c1cc(-c2ccccc2O)n[nH]1.